The van der Waals surface area contributed by atoms with Gasteiger partial charge in [-0.25, -0.2) is 0 Å². The van der Waals surface area contributed by atoms with Gasteiger partial charge in [0.25, 0.3) is 0 Å². The van der Waals surface area contributed by atoms with Crippen LogP contribution in [0.25, 0.3) is 0 Å². The first-order valence-electron chi connectivity index (χ1n) is 4.70. The lowest BCUT2D eigenvalue weighted by molar-refractivity contribution is -0.121. The van der Waals surface area contributed by atoms with Gasteiger partial charge in [0.2, 0.25) is 5.91 Å². The fourth-order valence-corrected chi connectivity index (χ4v) is 2.12. The van der Waals surface area contributed by atoms with Crippen molar-refractivity contribution in [2.75, 3.05) is 34.5 Å². The average Bonchev–Trinajstić information content (AvgIpc) is 2.30. The Hall–Kier alpha value is -0.473. The normalized spacial score (nSPS) is 11.5. The van der Waals surface area contributed by atoms with Gasteiger partial charge in [-0.2, -0.15) is 0 Å². The number of carbonyl (C=O) groups excluding carboxylic acids is 1. The second kappa shape index (κ2) is 7.77. The molecule has 1 amide bonds. The molecule has 7 heteroatoms. The molecule has 0 radical (unpaired) electrons. The third kappa shape index (κ3) is 5.24. The average molecular weight is 237 g/mol. The molecule has 90 valence electrons. The third-order valence-corrected chi connectivity index (χ3v) is 3.83. The molecule has 0 rings (SSSR count). The van der Waals surface area contributed by atoms with Gasteiger partial charge in [0.15, 0.2) is 0 Å². The number of hydrogen-bond acceptors (Lipinski definition) is 5. The molecule has 0 aliphatic carbocycles. The van der Waals surface area contributed by atoms with E-state index in [-0.39, 0.29) is 5.91 Å². The van der Waals surface area contributed by atoms with Gasteiger partial charge in [0.05, 0.1) is 6.61 Å². The SMILES string of the molecule is CCC(=O)NCCO[Si](OC)(OC)OC. The Balaban J connectivity index is 3.76. The van der Waals surface area contributed by atoms with Crippen LogP contribution in [0.5, 0.6) is 0 Å². The summed E-state index contributed by atoms with van der Waals surface area (Å²) in [5, 5.41) is 2.67. The summed E-state index contributed by atoms with van der Waals surface area (Å²) < 4.78 is 20.4. The Morgan fingerprint density at radius 1 is 1.20 bits per heavy atom. The Morgan fingerprint density at radius 2 is 1.73 bits per heavy atom. The third-order valence-electron chi connectivity index (χ3n) is 1.77. The molecule has 0 atom stereocenters. The van der Waals surface area contributed by atoms with Crippen molar-refractivity contribution in [3.05, 3.63) is 0 Å². The number of carbonyl (C=O) groups is 1. The van der Waals surface area contributed by atoms with Crippen molar-refractivity contribution in [2.24, 2.45) is 0 Å². The van der Waals surface area contributed by atoms with Crippen molar-refractivity contribution in [1.82, 2.24) is 5.32 Å². The van der Waals surface area contributed by atoms with Gasteiger partial charge < -0.3 is 23.0 Å². The lowest BCUT2D eigenvalue weighted by atomic mass is 10.4. The van der Waals surface area contributed by atoms with E-state index in [1.165, 1.54) is 21.3 Å². The van der Waals surface area contributed by atoms with E-state index in [0.717, 1.165) is 0 Å². The highest BCUT2D eigenvalue weighted by atomic mass is 28.4. The van der Waals surface area contributed by atoms with Crippen molar-refractivity contribution in [2.45, 2.75) is 13.3 Å². The molecular formula is C8H19NO5Si. The molecule has 0 aromatic carbocycles. The standard InChI is InChI=1S/C8H19NO5Si/c1-5-8(10)9-6-7-14-15(11-2,12-3)13-4/h5-7H2,1-4H3,(H,9,10). The fraction of sp³-hybridized carbons (Fsp3) is 0.875. The Bertz CT molecular complexity index is 178. The van der Waals surface area contributed by atoms with Crippen LogP contribution < -0.4 is 5.32 Å². The summed E-state index contributed by atoms with van der Waals surface area (Å²) in [5.74, 6) is -0.0156. The minimum Gasteiger partial charge on any atom is -0.355 e. The van der Waals surface area contributed by atoms with E-state index in [1.807, 2.05) is 0 Å². The summed E-state index contributed by atoms with van der Waals surface area (Å²) in [6.07, 6.45) is 0.460. The predicted octanol–water partition coefficient (Wildman–Crippen LogP) is -0.0960. The maximum atomic E-state index is 10.9. The largest absolute Gasteiger partial charge is 0.678 e. The number of rotatable bonds is 8. The van der Waals surface area contributed by atoms with Gasteiger partial charge in [0, 0.05) is 34.3 Å². The molecule has 0 saturated heterocycles. The van der Waals surface area contributed by atoms with Crippen molar-refractivity contribution in [3.8, 4) is 0 Å². The number of nitrogens with one attached hydrogen (secondary N) is 1. The van der Waals surface area contributed by atoms with Gasteiger partial charge >= 0.3 is 9.05 Å². The van der Waals surface area contributed by atoms with Crippen LogP contribution in [0.15, 0.2) is 0 Å². The molecule has 0 aromatic heterocycles. The van der Waals surface area contributed by atoms with Crippen molar-refractivity contribution in [3.63, 3.8) is 0 Å². The van der Waals surface area contributed by atoms with Crippen LogP contribution in [0, 0.1) is 0 Å². The Morgan fingerprint density at radius 3 is 2.13 bits per heavy atom. The monoisotopic (exact) mass is 237 g/mol. The zero-order valence-electron chi connectivity index (χ0n) is 9.66. The van der Waals surface area contributed by atoms with Gasteiger partial charge in [-0.05, 0) is 0 Å². The van der Waals surface area contributed by atoms with E-state index >= 15 is 0 Å². The number of hydrogen-bond donors (Lipinski definition) is 1. The van der Waals surface area contributed by atoms with Gasteiger partial charge in [-0.3, -0.25) is 4.79 Å². The summed E-state index contributed by atoms with van der Waals surface area (Å²) in [5.41, 5.74) is 0. The highest BCUT2D eigenvalue weighted by molar-refractivity contribution is 6.53. The molecule has 0 saturated carbocycles. The first kappa shape index (κ1) is 14.5. The molecule has 6 nitrogen and oxygen atoms in total. The van der Waals surface area contributed by atoms with E-state index in [9.17, 15) is 4.79 Å². The van der Waals surface area contributed by atoms with Crippen LogP contribution in [-0.4, -0.2) is 49.4 Å². The maximum absolute atomic E-state index is 10.9. The van der Waals surface area contributed by atoms with Crippen molar-refractivity contribution < 1.29 is 22.5 Å². The first-order valence-corrected chi connectivity index (χ1v) is 6.33. The molecule has 0 aliphatic rings. The molecule has 0 aliphatic heterocycles. The van der Waals surface area contributed by atoms with E-state index in [0.29, 0.717) is 19.6 Å². The summed E-state index contributed by atoms with van der Waals surface area (Å²) in [6, 6.07) is 0. The van der Waals surface area contributed by atoms with Crippen molar-refractivity contribution in [1.29, 1.82) is 0 Å². The highest BCUT2D eigenvalue weighted by Gasteiger charge is 2.41. The van der Waals surface area contributed by atoms with E-state index in [2.05, 4.69) is 5.32 Å². The summed E-state index contributed by atoms with van der Waals surface area (Å²) >= 11 is 0. The van der Waals surface area contributed by atoms with Crippen LogP contribution in [0.1, 0.15) is 13.3 Å². The fourth-order valence-electron chi connectivity index (χ4n) is 0.918. The molecule has 0 heterocycles. The highest BCUT2D eigenvalue weighted by Crippen LogP contribution is 2.06. The minimum atomic E-state index is -2.95. The summed E-state index contributed by atoms with van der Waals surface area (Å²) in [4.78, 5) is 10.9. The topological polar surface area (TPSA) is 66.0 Å². The molecular weight excluding hydrogens is 218 g/mol. The van der Waals surface area contributed by atoms with E-state index in [4.69, 9.17) is 17.7 Å². The summed E-state index contributed by atoms with van der Waals surface area (Å²) in [6.45, 7) is 2.50. The van der Waals surface area contributed by atoms with E-state index in [1.54, 1.807) is 6.92 Å². The molecule has 0 bridgehead atoms. The van der Waals surface area contributed by atoms with Gasteiger partial charge in [0.1, 0.15) is 0 Å². The van der Waals surface area contributed by atoms with Gasteiger partial charge in [-0.1, -0.05) is 6.92 Å². The predicted molar refractivity (Wildman–Crippen MR) is 56.0 cm³/mol. The molecule has 15 heavy (non-hydrogen) atoms. The van der Waals surface area contributed by atoms with Crippen molar-refractivity contribution >= 4 is 15.0 Å². The molecule has 0 aromatic rings. The second-order valence-corrected chi connectivity index (χ2v) is 5.18. The lowest BCUT2D eigenvalue weighted by Crippen LogP contribution is -2.47. The van der Waals surface area contributed by atoms with E-state index < -0.39 is 9.05 Å². The molecule has 1 N–H and O–H groups in total. The summed E-state index contributed by atoms with van der Waals surface area (Å²) in [7, 11) is 1.44. The Labute approximate surface area is 91.3 Å². The second-order valence-electron chi connectivity index (χ2n) is 2.66. The van der Waals surface area contributed by atoms with Crippen LogP contribution >= 0.6 is 0 Å². The van der Waals surface area contributed by atoms with Crippen LogP contribution in [0.4, 0.5) is 0 Å². The van der Waals surface area contributed by atoms with Gasteiger partial charge in [-0.15, -0.1) is 0 Å². The molecule has 0 unspecified atom stereocenters. The zero-order valence-corrected chi connectivity index (χ0v) is 10.7. The lowest BCUT2D eigenvalue weighted by Gasteiger charge is -2.22. The number of amides is 1. The molecule has 0 fully saturated rings. The zero-order chi connectivity index (χ0) is 11.7. The van der Waals surface area contributed by atoms with Crippen LogP contribution in [0.3, 0.4) is 0 Å². The Kier molecular flexibility index (Phi) is 7.53. The maximum Gasteiger partial charge on any atom is 0.678 e. The minimum absolute atomic E-state index is 0.0156. The quantitative estimate of drug-likeness (QED) is 0.472. The van der Waals surface area contributed by atoms with Crippen LogP contribution in [0.2, 0.25) is 0 Å². The molecule has 0 spiro atoms. The smallest absolute Gasteiger partial charge is 0.355 e. The first-order chi connectivity index (χ1) is 7.14. The van der Waals surface area contributed by atoms with Crippen LogP contribution in [-0.2, 0) is 22.5 Å².